The van der Waals surface area contributed by atoms with Gasteiger partial charge in [0.25, 0.3) is 0 Å². The largest absolute Gasteiger partial charge is 0.452 e. The minimum absolute atomic E-state index is 0.0645. The highest BCUT2D eigenvalue weighted by molar-refractivity contribution is 6.87. The van der Waals surface area contributed by atoms with E-state index in [2.05, 4.69) is 0 Å². The Morgan fingerprint density at radius 3 is 1.41 bits per heavy atom. The number of hydrogen-bond acceptors (Lipinski definition) is 8. The highest BCUT2D eigenvalue weighted by Crippen LogP contribution is 2.41. The Balaban J connectivity index is 1.58. The van der Waals surface area contributed by atoms with E-state index in [4.69, 9.17) is 23.7 Å². The summed E-state index contributed by atoms with van der Waals surface area (Å²) in [5, 5.41) is 1.69. The summed E-state index contributed by atoms with van der Waals surface area (Å²) in [6, 6.07) is 44.8. The van der Waals surface area contributed by atoms with Crippen molar-refractivity contribution in [3.8, 4) is 0 Å². The Kier molecular flexibility index (Phi) is 10.9. The fourth-order valence-electron chi connectivity index (χ4n) is 6.17. The molecule has 0 N–H and O–H groups in total. The summed E-state index contributed by atoms with van der Waals surface area (Å²) in [7, 11) is -2.98. The number of benzene rings is 5. The summed E-state index contributed by atoms with van der Waals surface area (Å²) >= 11 is 0. The summed E-state index contributed by atoms with van der Waals surface area (Å²) in [6.45, 7) is 5.63. The van der Waals surface area contributed by atoms with Gasteiger partial charge in [-0.05, 0) is 57.2 Å². The number of ether oxygens (including phenoxy) is 5. The SMILES string of the molecule is CC(C)(C)OC[C@H]1OC(OC(=O)c2ccccc2)([SiH](c2ccccc2)c2ccccc2)[C@H](OC(=O)c2ccccc2)[C@@H]1OC(=O)c1ccccc1. The molecule has 0 aromatic heterocycles. The number of rotatable bonds is 11. The zero-order valence-electron chi connectivity index (χ0n) is 28.7. The second kappa shape index (κ2) is 15.7. The van der Waals surface area contributed by atoms with Crippen LogP contribution in [0.1, 0.15) is 51.8 Å². The third-order valence-electron chi connectivity index (χ3n) is 8.50. The Morgan fingerprint density at radius 2 is 0.980 bits per heavy atom. The van der Waals surface area contributed by atoms with Crippen LogP contribution in [0, 0.1) is 0 Å². The smallest absolute Gasteiger partial charge is 0.340 e. The zero-order chi connectivity index (χ0) is 35.8. The van der Waals surface area contributed by atoms with Crippen molar-refractivity contribution in [2.24, 2.45) is 0 Å². The van der Waals surface area contributed by atoms with Crippen LogP contribution in [0.15, 0.2) is 152 Å². The fraction of sp³-hybridized carbons (Fsp3) is 0.214. The molecule has 0 aliphatic carbocycles. The standard InChI is InChI=1S/C42H40O8Si/c1-41(2,3)46-29-35-36(47-38(43)30-19-9-4-10-20-30)37(48-39(44)31-21-11-5-12-22-31)42(49-35,50-40(45)32-23-13-6-14-24-32)51(33-25-15-7-16-26-33)34-27-17-8-18-28-34/h4-28,35-37,51H,29H2,1-3H3/t35-,36-,37-,42?/m1/s1. The van der Waals surface area contributed by atoms with Gasteiger partial charge in [-0.3, -0.25) is 0 Å². The third-order valence-corrected chi connectivity index (χ3v) is 12.0. The molecule has 51 heavy (non-hydrogen) atoms. The van der Waals surface area contributed by atoms with Crippen molar-refractivity contribution in [2.45, 2.75) is 50.1 Å². The molecule has 4 atom stereocenters. The third kappa shape index (κ3) is 8.34. The van der Waals surface area contributed by atoms with E-state index >= 15 is 0 Å². The van der Waals surface area contributed by atoms with E-state index in [0.29, 0.717) is 5.56 Å². The first kappa shape index (κ1) is 35.5. The molecule has 1 fully saturated rings. The van der Waals surface area contributed by atoms with Crippen LogP contribution in [0.3, 0.4) is 0 Å². The molecule has 5 aromatic rings. The van der Waals surface area contributed by atoms with E-state index < -0.39 is 56.0 Å². The van der Waals surface area contributed by atoms with E-state index in [1.165, 1.54) is 0 Å². The van der Waals surface area contributed by atoms with Gasteiger partial charge in [-0.25, -0.2) is 14.4 Å². The van der Waals surface area contributed by atoms with Gasteiger partial charge in [0, 0.05) is 0 Å². The van der Waals surface area contributed by atoms with Crippen molar-refractivity contribution in [1.29, 1.82) is 0 Å². The average Bonchev–Trinajstić information content (AvgIpc) is 3.43. The molecular weight excluding hydrogens is 661 g/mol. The summed E-state index contributed by atoms with van der Waals surface area (Å²) < 4.78 is 32.7. The molecule has 1 aliphatic heterocycles. The molecule has 0 bridgehead atoms. The van der Waals surface area contributed by atoms with Crippen molar-refractivity contribution in [1.82, 2.24) is 0 Å². The van der Waals surface area contributed by atoms with Crippen molar-refractivity contribution >= 4 is 37.1 Å². The van der Waals surface area contributed by atoms with E-state index in [9.17, 15) is 14.4 Å². The van der Waals surface area contributed by atoms with Gasteiger partial charge in [0.2, 0.25) is 11.5 Å². The van der Waals surface area contributed by atoms with Crippen LogP contribution in [0.2, 0.25) is 0 Å². The van der Waals surface area contributed by atoms with Gasteiger partial charge in [-0.2, -0.15) is 0 Å². The number of carbonyl (C=O) groups excluding carboxylic acids is 3. The maximum absolute atomic E-state index is 14.3. The molecular formula is C42H40O8Si. The highest BCUT2D eigenvalue weighted by atomic mass is 28.3. The van der Waals surface area contributed by atoms with Crippen LogP contribution >= 0.6 is 0 Å². The van der Waals surface area contributed by atoms with E-state index in [-0.39, 0.29) is 17.7 Å². The van der Waals surface area contributed by atoms with E-state index in [1.807, 2.05) is 81.4 Å². The predicted octanol–water partition coefficient (Wildman–Crippen LogP) is 5.79. The molecule has 260 valence electrons. The van der Waals surface area contributed by atoms with Crippen molar-refractivity contribution in [3.05, 3.63) is 168 Å². The van der Waals surface area contributed by atoms with Crippen molar-refractivity contribution in [3.63, 3.8) is 0 Å². The van der Waals surface area contributed by atoms with Gasteiger partial charge >= 0.3 is 17.9 Å². The predicted molar refractivity (Wildman–Crippen MR) is 196 cm³/mol. The normalized spacial score (nSPS) is 20.0. The van der Waals surface area contributed by atoms with Gasteiger partial charge < -0.3 is 23.7 Å². The maximum atomic E-state index is 14.3. The second-order valence-corrected chi connectivity index (χ2v) is 16.2. The topological polar surface area (TPSA) is 97.4 Å². The van der Waals surface area contributed by atoms with Crippen LogP contribution in [0.25, 0.3) is 0 Å². The lowest BCUT2D eigenvalue weighted by Gasteiger charge is -2.40. The van der Waals surface area contributed by atoms with Gasteiger partial charge in [0.15, 0.2) is 14.9 Å². The summed E-state index contributed by atoms with van der Waals surface area (Å²) in [5.74, 6) is -2.05. The monoisotopic (exact) mass is 700 g/mol. The molecule has 0 amide bonds. The Bertz CT molecular complexity index is 1860. The molecule has 1 saturated heterocycles. The molecule has 1 aliphatic rings. The maximum Gasteiger partial charge on any atom is 0.340 e. The van der Waals surface area contributed by atoms with E-state index in [1.54, 1.807) is 91.0 Å². The van der Waals surface area contributed by atoms with Crippen LogP contribution in [-0.4, -0.2) is 62.6 Å². The summed E-state index contributed by atoms with van der Waals surface area (Å²) in [6.07, 6.45) is -3.69. The molecule has 5 aromatic carbocycles. The van der Waals surface area contributed by atoms with E-state index in [0.717, 1.165) is 10.4 Å². The van der Waals surface area contributed by atoms with Gasteiger partial charge in [0.1, 0.15) is 6.10 Å². The average molecular weight is 701 g/mol. The number of carbonyl (C=O) groups is 3. The Labute approximate surface area is 299 Å². The van der Waals surface area contributed by atoms with Crippen molar-refractivity contribution in [2.75, 3.05) is 6.61 Å². The lowest BCUT2D eigenvalue weighted by Crippen LogP contribution is -2.68. The highest BCUT2D eigenvalue weighted by Gasteiger charge is 2.67. The first-order chi connectivity index (χ1) is 24.6. The minimum Gasteiger partial charge on any atom is -0.452 e. The Hall–Kier alpha value is -5.35. The van der Waals surface area contributed by atoms with Crippen LogP contribution in [-0.2, 0) is 23.7 Å². The molecule has 8 nitrogen and oxygen atoms in total. The molecule has 1 unspecified atom stereocenters. The first-order valence-electron chi connectivity index (χ1n) is 16.9. The zero-order valence-corrected chi connectivity index (χ0v) is 29.9. The second-order valence-electron chi connectivity index (χ2n) is 13.2. The van der Waals surface area contributed by atoms with Gasteiger partial charge in [-0.1, -0.05) is 126 Å². The number of hydrogen-bond donors (Lipinski definition) is 0. The van der Waals surface area contributed by atoms with Crippen molar-refractivity contribution < 1.29 is 38.1 Å². The molecule has 6 rings (SSSR count). The molecule has 0 saturated carbocycles. The number of esters is 3. The Morgan fingerprint density at radius 1 is 0.588 bits per heavy atom. The van der Waals surface area contributed by atoms with Gasteiger partial charge in [0.05, 0.1) is 28.9 Å². The van der Waals surface area contributed by atoms with Crippen LogP contribution in [0.4, 0.5) is 0 Å². The van der Waals surface area contributed by atoms with Crippen LogP contribution in [0.5, 0.6) is 0 Å². The molecule has 0 spiro atoms. The summed E-state index contributed by atoms with van der Waals surface area (Å²) in [4.78, 5) is 42.2. The summed E-state index contributed by atoms with van der Waals surface area (Å²) in [5.41, 5.74) is -1.72. The fourth-order valence-corrected chi connectivity index (χ4v) is 9.82. The molecule has 1 heterocycles. The first-order valence-corrected chi connectivity index (χ1v) is 18.6. The lowest BCUT2D eigenvalue weighted by atomic mass is 10.1. The molecule has 0 radical (unpaired) electrons. The van der Waals surface area contributed by atoms with Gasteiger partial charge in [-0.15, -0.1) is 0 Å². The van der Waals surface area contributed by atoms with Crippen LogP contribution < -0.4 is 10.4 Å². The lowest BCUT2D eigenvalue weighted by molar-refractivity contribution is -0.184. The quantitative estimate of drug-likeness (QED) is 0.0972. The minimum atomic E-state index is -2.98. The molecule has 9 heteroatoms.